The fraction of sp³-hybridized carbons (Fsp3) is 0. The molecule has 4 nitrogen and oxygen atoms in total. The van der Waals surface area contributed by atoms with Gasteiger partial charge < -0.3 is 10.8 Å². The molecule has 0 aliphatic carbocycles. The predicted molar refractivity (Wildman–Crippen MR) is 59.5 cm³/mol. The van der Waals surface area contributed by atoms with Crippen LogP contribution in [0.25, 0.3) is 10.8 Å². The van der Waals surface area contributed by atoms with E-state index in [1.807, 2.05) is 0 Å². The maximum absolute atomic E-state index is 11.3. The molecule has 0 bridgehead atoms. The van der Waals surface area contributed by atoms with Crippen LogP contribution in [0.4, 0.5) is 0 Å². The van der Waals surface area contributed by atoms with E-state index in [2.05, 4.69) is 0 Å². The third-order valence-corrected chi connectivity index (χ3v) is 2.42. The zero-order chi connectivity index (χ0) is 11.7. The van der Waals surface area contributed by atoms with Crippen molar-refractivity contribution in [3.63, 3.8) is 0 Å². The minimum absolute atomic E-state index is 0.0137. The molecule has 2 aromatic carbocycles. The molecule has 0 aromatic heterocycles. The molecule has 0 atom stereocenters. The molecule has 0 aliphatic rings. The number of rotatable bonds is 2. The molecule has 0 fully saturated rings. The van der Waals surface area contributed by atoms with Gasteiger partial charge in [-0.05, 0) is 16.8 Å². The summed E-state index contributed by atoms with van der Waals surface area (Å²) in [6, 6.07) is 8.44. The number of hydrogen-bond acceptors (Lipinski definition) is 3. The fourth-order valence-corrected chi connectivity index (χ4v) is 1.70. The van der Waals surface area contributed by atoms with Crippen LogP contribution in [0.2, 0.25) is 0 Å². The smallest absolute Gasteiger partial charge is 0.253 e. The zero-order valence-electron chi connectivity index (χ0n) is 8.31. The standard InChI is InChI=1S/C12H9NO3/c13-12(16)10-9-4-2-1-3-7(9)5-8(6-14)11(10)15/h1-6,15H,(H2,13,16). The van der Waals surface area contributed by atoms with Gasteiger partial charge in [-0.25, -0.2) is 0 Å². The molecule has 0 saturated carbocycles. The first-order valence-corrected chi connectivity index (χ1v) is 4.65. The van der Waals surface area contributed by atoms with E-state index >= 15 is 0 Å². The second-order valence-electron chi connectivity index (χ2n) is 3.39. The Hall–Kier alpha value is -2.36. The van der Waals surface area contributed by atoms with E-state index in [-0.39, 0.29) is 16.9 Å². The average Bonchev–Trinajstić information content (AvgIpc) is 2.27. The Morgan fingerprint density at radius 2 is 2.00 bits per heavy atom. The summed E-state index contributed by atoms with van der Waals surface area (Å²) in [6.07, 6.45) is 0.494. The number of amides is 1. The Balaban J connectivity index is 2.96. The topological polar surface area (TPSA) is 80.4 Å². The molecule has 16 heavy (non-hydrogen) atoms. The van der Waals surface area contributed by atoms with Crippen LogP contribution in [0.1, 0.15) is 20.7 Å². The van der Waals surface area contributed by atoms with Gasteiger partial charge in [0.2, 0.25) is 0 Å². The highest BCUT2D eigenvalue weighted by molar-refractivity contribution is 6.11. The molecule has 4 heteroatoms. The third kappa shape index (κ3) is 1.40. The third-order valence-electron chi connectivity index (χ3n) is 2.42. The van der Waals surface area contributed by atoms with Crippen LogP contribution >= 0.6 is 0 Å². The molecule has 1 amide bonds. The molecule has 0 spiro atoms. The number of benzene rings is 2. The Labute approximate surface area is 91.3 Å². The zero-order valence-corrected chi connectivity index (χ0v) is 8.31. The van der Waals surface area contributed by atoms with Crippen LogP contribution in [0.3, 0.4) is 0 Å². The lowest BCUT2D eigenvalue weighted by molar-refractivity contribution is 0.0999. The van der Waals surface area contributed by atoms with E-state index in [9.17, 15) is 14.7 Å². The van der Waals surface area contributed by atoms with Crippen molar-refractivity contribution in [2.75, 3.05) is 0 Å². The first kappa shape index (κ1) is 10.2. The first-order chi connectivity index (χ1) is 7.65. The van der Waals surface area contributed by atoms with E-state index < -0.39 is 5.91 Å². The van der Waals surface area contributed by atoms with Crippen molar-refractivity contribution in [1.29, 1.82) is 0 Å². The van der Waals surface area contributed by atoms with Crippen LogP contribution in [0.5, 0.6) is 5.75 Å². The summed E-state index contributed by atoms with van der Waals surface area (Å²) in [4.78, 5) is 22.0. The molecule has 2 rings (SSSR count). The summed E-state index contributed by atoms with van der Waals surface area (Å²) in [6.45, 7) is 0. The predicted octanol–water partition coefficient (Wildman–Crippen LogP) is 1.46. The average molecular weight is 215 g/mol. The lowest BCUT2D eigenvalue weighted by Crippen LogP contribution is -2.12. The quantitative estimate of drug-likeness (QED) is 0.744. The highest BCUT2D eigenvalue weighted by atomic mass is 16.3. The van der Waals surface area contributed by atoms with Gasteiger partial charge in [0.05, 0.1) is 11.1 Å². The number of phenols is 1. The van der Waals surface area contributed by atoms with Crippen molar-refractivity contribution in [2.24, 2.45) is 5.73 Å². The number of primary amides is 1. The second kappa shape index (κ2) is 3.66. The minimum atomic E-state index is -0.752. The highest BCUT2D eigenvalue weighted by Crippen LogP contribution is 2.29. The second-order valence-corrected chi connectivity index (χ2v) is 3.39. The number of aldehydes is 1. The molecule has 0 aliphatic heterocycles. The number of carbonyl (C=O) groups is 2. The van der Waals surface area contributed by atoms with Crippen LogP contribution in [-0.4, -0.2) is 17.3 Å². The van der Waals surface area contributed by atoms with E-state index in [0.29, 0.717) is 17.1 Å². The molecular formula is C12H9NO3. The van der Waals surface area contributed by atoms with Gasteiger partial charge in [0, 0.05) is 0 Å². The summed E-state index contributed by atoms with van der Waals surface area (Å²) in [5.41, 5.74) is 5.24. The van der Waals surface area contributed by atoms with Gasteiger partial charge in [-0.15, -0.1) is 0 Å². The molecule has 0 saturated heterocycles. The van der Waals surface area contributed by atoms with Crippen LogP contribution < -0.4 is 5.73 Å². The normalized spacial score (nSPS) is 10.2. The highest BCUT2D eigenvalue weighted by Gasteiger charge is 2.15. The van der Waals surface area contributed by atoms with E-state index in [1.165, 1.54) is 6.07 Å². The van der Waals surface area contributed by atoms with Crippen molar-refractivity contribution in [2.45, 2.75) is 0 Å². The molecule has 0 heterocycles. The summed E-state index contributed by atoms with van der Waals surface area (Å²) >= 11 is 0. The summed E-state index contributed by atoms with van der Waals surface area (Å²) in [7, 11) is 0. The van der Waals surface area contributed by atoms with Crippen LogP contribution in [-0.2, 0) is 0 Å². The number of carbonyl (C=O) groups excluding carboxylic acids is 2. The van der Waals surface area contributed by atoms with E-state index in [1.54, 1.807) is 24.3 Å². The Kier molecular flexibility index (Phi) is 2.32. The molecular weight excluding hydrogens is 206 g/mol. The van der Waals surface area contributed by atoms with Crippen molar-refractivity contribution in [3.8, 4) is 5.75 Å². The Morgan fingerprint density at radius 3 is 2.62 bits per heavy atom. The lowest BCUT2D eigenvalue weighted by Gasteiger charge is -2.07. The van der Waals surface area contributed by atoms with Gasteiger partial charge in [-0.1, -0.05) is 24.3 Å². The van der Waals surface area contributed by atoms with Crippen molar-refractivity contribution in [3.05, 3.63) is 41.5 Å². The van der Waals surface area contributed by atoms with Crippen molar-refractivity contribution in [1.82, 2.24) is 0 Å². The largest absolute Gasteiger partial charge is 0.506 e. The van der Waals surface area contributed by atoms with Crippen molar-refractivity contribution >= 4 is 23.0 Å². The Morgan fingerprint density at radius 1 is 1.31 bits per heavy atom. The van der Waals surface area contributed by atoms with Gasteiger partial charge >= 0.3 is 0 Å². The molecule has 80 valence electrons. The van der Waals surface area contributed by atoms with Crippen molar-refractivity contribution < 1.29 is 14.7 Å². The minimum Gasteiger partial charge on any atom is -0.506 e. The summed E-state index contributed by atoms with van der Waals surface area (Å²) in [5.74, 6) is -1.11. The lowest BCUT2D eigenvalue weighted by atomic mass is 9.99. The Bertz CT molecular complexity index is 590. The summed E-state index contributed by atoms with van der Waals surface area (Å²) < 4.78 is 0. The number of fused-ring (bicyclic) bond motifs is 1. The molecule has 3 N–H and O–H groups in total. The number of aromatic hydroxyl groups is 1. The fourth-order valence-electron chi connectivity index (χ4n) is 1.70. The molecule has 0 radical (unpaired) electrons. The monoisotopic (exact) mass is 215 g/mol. The maximum atomic E-state index is 11.3. The van der Waals surface area contributed by atoms with Gasteiger partial charge in [-0.3, -0.25) is 9.59 Å². The molecule has 0 unspecified atom stereocenters. The van der Waals surface area contributed by atoms with Gasteiger partial charge in [0.1, 0.15) is 5.75 Å². The van der Waals surface area contributed by atoms with Gasteiger partial charge in [0.15, 0.2) is 6.29 Å². The van der Waals surface area contributed by atoms with Crippen LogP contribution in [0.15, 0.2) is 30.3 Å². The van der Waals surface area contributed by atoms with E-state index in [4.69, 9.17) is 5.73 Å². The molecule has 2 aromatic rings. The number of nitrogens with two attached hydrogens (primary N) is 1. The van der Waals surface area contributed by atoms with Gasteiger partial charge in [0.25, 0.3) is 5.91 Å². The maximum Gasteiger partial charge on any atom is 0.253 e. The number of hydrogen-bond donors (Lipinski definition) is 2. The van der Waals surface area contributed by atoms with Crippen LogP contribution in [0, 0.1) is 0 Å². The summed E-state index contributed by atoms with van der Waals surface area (Å²) in [5, 5.41) is 11.0. The van der Waals surface area contributed by atoms with Gasteiger partial charge in [-0.2, -0.15) is 0 Å². The first-order valence-electron chi connectivity index (χ1n) is 4.65. The van der Waals surface area contributed by atoms with E-state index in [0.717, 1.165) is 0 Å². The SMILES string of the molecule is NC(=O)c1c(O)c(C=O)cc2ccccc12.